The van der Waals surface area contributed by atoms with Gasteiger partial charge in [-0.1, -0.05) is 35.9 Å². The first-order valence-electron chi connectivity index (χ1n) is 11.5. The van der Waals surface area contributed by atoms with E-state index in [2.05, 4.69) is 10.1 Å². The fraction of sp³-hybridized carbons (Fsp3) is 0.346. The van der Waals surface area contributed by atoms with Crippen LogP contribution in [0.3, 0.4) is 0 Å². The van der Waals surface area contributed by atoms with Gasteiger partial charge in [-0.05, 0) is 37.5 Å². The van der Waals surface area contributed by atoms with Crippen molar-refractivity contribution in [2.45, 2.75) is 38.0 Å². The summed E-state index contributed by atoms with van der Waals surface area (Å²) < 4.78 is 35.1. The quantitative estimate of drug-likeness (QED) is 0.391. The molecule has 1 unspecified atom stereocenters. The molecule has 0 spiro atoms. The normalized spacial score (nSPS) is 16.9. The molecule has 9 heteroatoms. The van der Waals surface area contributed by atoms with Crippen molar-refractivity contribution >= 4 is 12.0 Å². The average Bonchev–Trinajstić information content (AvgIpc) is 3.32. The van der Waals surface area contributed by atoms with Crippen LogP contribution in [0.2, 0.25) is 0 Å². The molecule has 0 radical (unpaired) electrons. The Morgan fingerprint density at radius 1 is 1.17 bits per heavy atom. The lowest BCUT2D eigenvalue weighted by Crippen LogP contribution is -2.48. The number of likely N-dealkylation sites (tertiary alicyclic amines) is 1. The molecule has 2 aromatic carbocycles. The molecule has 184 valence electrons. The monoisotopic (exact) mass is 482 g/mol. The second-order valence-corrected chi connectivity index (χ2v) is 8.91. The summed E-state index contributed by atoms with van der Waals surface area (Å²) >= 11 is 0. The van der Waals surface area contributed by atoms with Crippen molar-refractivity contribution in [1.82, 2.24) is 19.7 Å². The van der Waals surface area contributed by atoms with Crippen LogP contribution in [0, 0.1) is 18.6 Å². The van der Waals surface area contributed by atoms with Gasteiger partial charge in [0.1, 0.15) is 36.0 Å². The van der Waals surface area contributed by atoms with Crippen molar-refractivity contribution in [2.24, 2.45) is 0 Å². The Morgan fingerprint density at radius 3 is 2.57 bits per heavy atom. The number of aromatic nitrogens is 3. The molecule has 1 aliphatic heterocycles. The largest absolute Gasteiger partial charge is 0.459 e. The smallest absolute Gasteiger partial charge is 0.331 e. The van der Waals surface area contributed by atoms with Gasteiger partial charge >= 0.3 is 5.97 Å². The number of halogens is 2. The summed E-state index contributed by atoms with van der Waals surface area (Å²) in [6, 6.07) is 11.0. The molecular formula is C26H28F2N4O3. The van der Waals surface area contributed by atoms with Gasteiger partial charge in [-0.15, -0.1) is 0 Å². The third kappa shape index (κ3) is 6.58. The zero-order chi connectivity index (χ0) is 24.8. The summed E-state index contributed by atoms with van der Waals surface area (Å²) in [6.07, 6.45) is 6.82. The van der Waals surface area contributed by atoms with Gasteiger partial charge in [0, 0.05) is 37.3 Å². The van der Waals surface area contributed by atoms with Crippen LogP contribution >= 0.6 is 0 Å². The average molecular weight is 483 g/mol. The Labute approximate surface area is 202 Å². The SMILES string of the molecule is Cc1ccc(/C=C/C(=O)OC2CCN(CC(O)(Cn3cncn3)c3ccc(F)cc3F)CC2)cc1. The summed E-state index contributed by atoms with van der Waals surface area (Å²) in [4.78, 5) is 18.1. The number of hydrogen-bond donors (Lipinski definition) is 1. The first-order chi connectivity index (χ1) is 16.8. The standard InChI is InChI=1S/C26H28F2N4O3/c1-19-2-4-20(5-3-19)6-9-25(33)35-22-10-12-31(13-11-22)15-26(34,16-32-18-29-17-30-32)23-8-7-21(27)14-24(23)28/h2-9,14,17-18,22,34H,10-13,15-16H2,1H3/b9-6+. The molecule has 1 saturated heterocycles. The van der Waals surface area contributed by atoms with Gasteiger partial charge < -0.3 is 9.84 Å². The Hall–Kier alpha value is -3.43. The second kappa shape index (κ2) is 10.9. The van der Waals surface area contributed by atoms with E-state index in [0.29, 0.717) is 25.9 Å². The number of β-amino-alcohol motifs (C(OH)–C–C–N with tert-alkyl or cyclic N) is 1. The Bertz CT molecular complexity index is 1160. The van der Waals surface area contributed by atoms with E-state index in [1.54, 1.807) is 6.08 Å². The van der Waals surface area contributed by atoms with Crippen LogP contribution in [0.5, 0.6) is 0 Å². The van der Waals surface area contributed by atoms with Gasteiger partial charge in [0.2, 0.25) is 0 Å². The summed E-state index contributed by atoms with van der Waals surface area (Å²) in [5.41, 5.74) is 0.393. The first-order valence-corrected chi connectivity index (χ1v) is 11.5. The number of benzene rings is 2. The predicted molar refractivity (Wildman–Crippen MR) is 126 cm³/mol. The number of aryl methyl sites for hydroxylation is 1. The van der Waals surface area contributed by atoms with E-state index in [0.717, 1.165) is 23.3 Å². The minimum absolute atomic E-state index is 0.0100. The Balaban J connectivity index is 1.36. The van der Waals surface area contributed by atoms with Gasteiger partial charge in [0.05, 0.1) is 6.54 Å². The molecule has 4 rings (SSSR count). The zero-order valence-electron chi connectivity index (χ0n) is 19.5. The third-order valence-corrected chi connectivity index (χ3v) is 6.11. The lowest BCUT2D eigenvalue weighted by atomic mass is 9.91. The Morgan fingerprint density at radius 2 is 1.91 bits per heavy atom. The number of hydrogen-bond acceptors (Lipinski definition) is 6. The molecule has 7 nitrogen and oxygen atoms in total. The zero-order valence-corrected chi connectivity index (χ0v) is 19.5. The lowest BCUT2D eigenvalue weighted by molar-refractivity contribution is -0.145. The summed E-state index contributed by atoms with van der Waals surface area (Å²) in [6.45, 7) is 3.14. The van der Waals surface area contributed by atoms with Crippen molar-refractivity contribution in [3.63, 3.8) is 0 Å². The van der Waals surface area contributed by atoms with Gasteiger partial charge in [-0.3, -0.25) is 4.90 Å². The molecule has 1 fully saturated rings. The lowest BCUT2D eigenvalue weighted by Gasteiger charge is -2.38. The fourth-order valence-corrected chi connectivity index (χ4v) is 4.27. The molecule has 0 amide bonds. The molecule has 0 saturated carbocycles. The fourth-order valence-electron chi connectivity index (χ4n) is 4.27. The van der Waals surface area contributed by atoms with Gasteiger partial charge in [-0.2, -0.15) is 5.10 Å². The highest BCUT2D eigenvalue weighted by molar-refractivity contribution is 5.87. The highest BCUT2D eigenvalue weighted by atomic mass is 19.1. The van der Waals surface area contributed by atoms with Crippen molar-refractivity contribution in [1.29, 1.82) is 0 Å². The first kappa shape index (κ1) is 24.7. The van der Waals surface area contributed by atoms with Crippen LogP contribution in [-0.2, 0) is 21.7 Å². The number of ether oxygens (including phenoxy) is 1. The summed E-state index contributed by atoms with van der Waals surface area (Å²) in [5.74, 6) is -1.94. The summed E-state index contributed by atoms with van der Waals surface area (Å²) in [7, 11) is 0. The van der Waals surface area contributed by atoms with E-state index >= 15 is 0 Å². The third-order valence-electron chi connectivity index (χ3n) is 6.11. The highest BCUT2D eigenvalue weighted by Crippen LogP contribution is 2.29. The van der Waals surface area contributed by atoms with Crippen molar-refractivity contribution in [2.75, 3.05) is 19.6 Å². The maximum absolute atomic E-state index is 14.6. The minimum atomic E-state index is -1.66. The molecular weight excluding hydrogens is 454 g/mol. The van der Waals surface area contributed by atoms with Crippen LogP contribution in [0.15, 0.2) is 61.2 Å². The maximum atomic E-state index is 14.6. The highest BCUT2D eigenvalue weighted by Gasteiger charge is 2.37. The molecule has 1 aliphatic rings. The van der Waals surface area contributed by atoms with Crippen molar-refractivity contribution in [3.8, 4) is 0 Å². The van der Waals surface area contributed by atoms with E-state index in [1.807, 2.05) is 36.1 Å². The number of carbonyl (C=O) groups is 1. The Kier molecular flexibility index (Phi) is 7.67. The predicted octanol–water partition coefficient (Wildman–Crippen LogP) is 3.47. The molecule has 1 aromatic heterocycles. The number of esters is 1. The molecule has 1 N–H and O–H groups in total. The van der Waals surface area contributed by atoms with Crippen LogP contribution in [0.25, 0.3) is 6.08 Å². The topological polar surface area (TPSA) is 80.5 Å². The number of carbonyl (C=O) groups excluding carboxylic acids is 1. The van der Waals surface area contributed by atoms with Crippen LogP contribution in [0.4, 0.5) is 8.78 Å². The van der Waals surface area contributed by atoms with Crippen molar-refractivity contribution < 1.29 is 23.4 Å². The van der Waals surface area contributed by atoms with E-state index in [9.17, 15) is 18.7 Å². The second-order valence-electron chi connectivity index (χ2n) is 8.91. The van der Waals surface area contributed by atoms with E-state index in [1.165, 1.54) is 29.5 Å². The van der Waals surface area contributed by atoms with Gasteiger partial charge in [-0.25, -0.2) is 23.2 Å². The molecule has 1 atom stereocenters. The van der Waals surface area contributed by atoms with E-state index < -0.39 is 23.2 Å². The van der Waals surface area contributed by atoms with Crippen molar-refractivity contribution in [3.05, 3.63) is 89.5 Å². The number of rotatable bonds is 8. The molecule has 0 bridgehead atoms. The molecule has 0 aliphatic carbocycles. The van der Waals surface area contributed by atoms with Crippen LogP contribution < -0.4 is 0 Å². The molecule has 35 heavy (non-hydrogen) atoms. The van der Waals surface area contributed by atoms with Gasteiger partial charge in [0.15, 0.2) is 0 Å². The van der Waals surface area contributed by atoms with E-state index in [-0.39, 0.29) is 24.8 Å². The molecule has 2 heterocycles. The van der Waals surface area contributed by atoms with Gasteiger partial charge in [0.25, 0.3) is 0 Å². The number of piperidine rings is 1. The minimum Gasteiger partial charge on any atom is -0.459 e. The van der Waals surface area contributed by atoms with E-state index in [4.69, 9.17) is 4.74 Å². The van der Waals surface area contributed by atoms with Crippen LogP contribution in [0.1, 0.15) is 29.5 Å². The number of aliphatic hydroxyl groups is 1. The number of nitrogens with zero attached hydrogens (tertiary/aromatic N) is 4. The maximum Gasteiger partial charge on any atom is 0.331 e. The van der Waals surface area contributed by atoms with Crippen LogP contribution in [-0.4, -0.2) is 56.5 Å². The summed E-state index contributed by atoms with van der Waals surface area (Å²) in [5, 5.41) is 15.5. The molecule has 3 aromatic rings.